The third-order valence-corrected chi connectivity index (χ3v) is 7.00. The third-order valence-electron chi connectivity index (χ3n) is 5.30. The summed E-state index contributed by atoms with van der Waals surface area (Å²) in [4.78, 5) is 19.7. The smallest absolute Gasteiger partial charge is 0.304 e. The van der Waals surface area contributed by atoms with Gasteiger partial charge < -0.3 is 9.51 Å². The van der Waals surface area contributed by atoms with Crippen molar-refractivity contribution in [3.63, 3.8) is 0 Å². The monoisotopic (exact) mass is 378 g/mol. The Balaban J connectivity index is 1.53. The van der Waals surface area contributed by atoms with E-state index in [4.69, 9.17) is 5.11 Å². The van der Waals surface area contributed by atoms with Crippen LogP contribution in [0.4, 0.5) is 0 Å². The lowest BCUT2D eigenvalue weighted by atomic mass is 10.0. The SMILES string of the molecule is O=C(O)CCN1CCN(Cc2cn3ccccc3n2)[C@H]2CS(=O)(=O)C[C@H]21. The van der Waals surface area contributed by atoms with Crippen LogP contribution >= 0.6 is 0 Å². The van der Waals surface area contributed by atoms with Crippen LogP contribution in [0.1, 0.15) is 12.1 Å². The number of sulfone groups is 1. The number of piperazine rings is 1. The summed E-state index contributed by atoms with van der Waals surface area (Å²) in [5, 5.41) is 8.94. The molecular weight excluding hydrogens is 356 g/mol. The van der Waals surface area contributed by atoms with Crippen LogP contribution in [0.5, 0.6) is 0 Å². The van der Waals surface area contributed by atoms with Crippen molar-refractivity contribution in [2.24, 2.45) is 0 Å². The summed E-state index contributed by atoms with van der Waals surface area (Å²) in [7, 11) is -3.11. The molecule has 8 nitrogen and oxygen atoms in total. The summed E-state index contributed by atoms with van der Waals surface area (Å²) in [6.45, 7) is 2.39. The number of carboxylic acids is 1. The van der Waals surface area contributed by atoms with Crippen LogP contribution in [-0.4, -0.2) is 81.9 Å². The Kier molecular flexibility index (Phi) is 4.45. The number of carboxylic acid groups (broad SMARTS) is 1. The minimum absolute atomic E-state index is 0.0374. The number of nitrogens with zero attached hydrogens (tertiary/aromatic N) is 4. The lowest BCUT2D eigenvalue weighted by Gasteiger charge is -2.43. The number of rotatable bonds is 5. The fourth-order valence-corrected chi connectivity index (χ4v) is 6.12. The van der Waals surface area contributed by atoms with E-state index in [0.717, 1.165) is 11.3 Å². The number of aliphatic carboxylic acids is 1. The number of aromatic nitrogens is 2. The molecule has 2 saturated heterocycles. The van der Waals surface area contributed by atoms with Crippen LogP contribution in [-0.2, 0) is 21.2 Å². The summed E-state index contributed by atoms with van der Waals surface area (Å²) in [6, 6.07) is 5.58. The molecule has 2 atom stereocenters. The normalized spacial score (nSPS) is 26.2. The average Bonchev–Trinajstić information content (AvgIpc) is 3.13. The van der Waals surface area contributed by atoms with E-state index in [1.165, 1.54) is 0 Å². The molecule has 2 aromatic rings. The Morgan fingerprint density at radius 3 is 2.65 bits per heavy atom. The first-order chi connectivity index (χ1) is 12.4. The molecule has 0 bridgehead atoms. The maximum absolute atomic E-state index is 12.2. The summed E-state index contributed by atoms with van der Waals surface area (Å²) in [5.74, 6) is -0.609. The molecule has 0 aliphatic carbocycles. The van der Waals surface area contributed by atoms with Gasteiger partial charge >= 0.3 is 5.97 Å². The second kappa shape index (κ2) is 6.64. The first kappa shape index (κ1) is 17.4. The van der Waals surface area contributed by atoms with Gasteiger partial charge in [0.25, 0.3) is 0 Å². The van der Waals surface area contributed by atoms with Crippen LogP contribution < -0.4 is 0 Å². The van der Waals surface area contributed by atoms with Crippen molar-refractivity contribution in [2.75, 3.05) is 31.1 Å². The number of carbonyl (C=O) groups is 1. The van der Waals surface area contributed by atoms with Crippen molar-refractivity contribution in [2.45, 2.75) is 25.0 Å². The number of hydrogen-bond donors (Lipinski definition) is 1. The molecule has 9 heteroatoms. The third kappa shape index (κ3) is 3.46. The van der Waals surface area contributed by atoms with Crippen LogP contribution in [0.2, 0.25) is 0 Å². The van der Waals surface area contributed by atoms with Gasteiger partial charge in [-0.3, -0.25) is 14.6 Å². The van der Waals surface area contributed by atoms with Gasteiger partial charge in [-0.1, -0.05) is 6.07 Å². The highest BCUT2D eigenvalue weighted by molar-refractivity contribution is 7.91. The van der Waals surface area contributed by atoms with Crippen LogP contribution in [0.3, 0.4) is 0 Å². The minimum atomic E-state index is -3.11. The molecule has 0 radical (unpaired) electrons. The molecular formula is C17H22N4O4S. The summed E-state index contributed by atoms with van der Waals surface area (Å²) in [6.07, 6.45) is 3.96. The van der Waals surface area contributed by atoms with Gasteiger partial charge in [0.05, 0.1) is 23.6 Å². The zero-order valence-corrected chi connectivity index (χ0v) is 15.2. The van der Waals surface area contributed by atoms with Gasteiger partial charge in [-0.15, -0.1) is 0 Å². The van der Waals surface area contributed by atoms with E-state index in [1.807, 2.05) is 39.9 Å². The van der Waals surface area contributed by atoms with Crippen LogP contribution in [0.25, 0.3) is 5.65 Å². The largest absolute Gasteiger partial charge is 0.481 e. The predicted octanol–water partition coefficient (Wildman–Crippen LogP) is 0.0922. The molecule has 2 aromatic heterocycles. The van der Waals surface area contributed by atoms with Crippen molar-refractivity contribution in [1.82, 2.24) is 19.2 Å². The number of fused-ring (bicyclic) bond motifs is 2. The zero-order valence-electron chi connectivity index (χ0n) is 14.4. The Hall–Kier alpha value is -1.97. The van der Waals surface area contributed by atoms with E-state index in [-0.39, 0.29) is 30.0 Å². The average molecular weight is 378 g/mol. The fourth-order valence-electron chi connectivity index (χ4n) is 4.08. The number of imidazole rings is 1. The van der Waals surface area contributed by atoms with Gasteiger partial charge in [-0.25, -0.2) is 13.4 Å². The lowest BCUT2D eigenvalue weighted by molar-refractivity contribution is -0.137. The predicted molar refractivity (Wildman–Crippen MR) is 95.7 cm³/mol. The summed E-state index contributed by atoms with van der Waals surface area (Å²) >= 11 is 0. The molecule has 26 heavy (non-hydrogen) atoms. The maximum atomic E-state index is 12.2. The number of pyridine rings is 1. The van der Waals surface area contributed by atoms with Crippen molar-refractivity contribution in [3.8, 4) is 0 Å². The molecule has 0 spiro atoms. The lowest BCUT2D eigenvalue weighted by Crippen LogP contribution is -2.58. The minimum Gasteiger partial charge on any atom is -0.481 e. The Labute approximate surface area is 152 Å². The van der Waals surface area contributed by atoms with Crippen LogP contribution in [0, 0.1) is 0 Å². The number of hydrogen-bond acceptors (Lipinski definition) is 6. The Bertz CT molecular complexity index is 893. The highest BCUT2D eigenvalue weighted by atomic mass is 32.2. The van der Waals surface area contributed by atoms with E-state index < -0.39 is 15.8 Å². The second-order valence-corrected chi connectivity index (χ2v) is 9.21. The van der Waals surface area contributed by atoms with E-state index >= 15 is 0 Å². The van der Waals surface area contributed by atoms with Crippen molar-refractivity contribution >= 4 is 21.5 Å². The van der Waals surface area contributed by atoms with Crippen LogP contribution in [0.15, 0.2) is 30.6 Å². The Morgan fingerprint density at radius 1 is 1.19 bits per heavy atom. The first-order valence-electron chi connectivity index (χ1n) is 8.74. The topological polar surface area (TPSA) is 95.2 Å². The molecule has 0 amide bonds. The molecule has 140 valence electrons. The van der Waals surface area contributed by atoms with Gasteiger partial charge in [0.15, 0.2) is 9.84 Å². The highest BCUT2D eigenvalue weighted by Gasteiger charge is 2.46. The van der Waals surface area contributed by atoms with E-state index in [2.05, 4.69) is 9.88 Å². The van der Waals surface area contributed by atoms with Crippen molar-refractivity contribution in [1.29, 1.82) is 0 Å². The van der Waals surface area contributed by atoms with Crippen molar-refractivity contribution < 1.29 is 18.3 Å². The highest BCUT2D eigenvalue weighted by Crippen LogP contribution is 2.28. The molecule has 4 rings (SSSR count). The van der Waals surface area contributed by atoms with E-state index in [9.17, 15) is 13.2 Å². The van der Waals surface area contributed by atoms with Crippen molar-refractivity contribution in [3.05, 3.63) is 36.3 Å². The molecule has 2 fully saturated rings. The molecule has 2 aliphatic heterocycles. The van der Waals surface area contributed by atoms with E-state index in [1.54, 1.807) is 0 Å². The maximum Gasteiger partial charge on any atom is 0.304 e. The quantitative estimate of drug-likeness (QED) is 0.788. The fraction of sp³-hybridized carbons (Fsp3) is 0.529. The van der Waals surface area contributed by atoms with Gasteiger partial charge in [-0.2, -0.15) is 0 Å². The van der Waals surface area contributed by atoms with Gasteiger partial charge in [0.2, 0.25) is 0 Å². The van der Waals surface area contributed by atoms with Gasteiger partial charge in [0, 0.05) is 50.7 Å². The zero-order chi connectivity index (χ0) is 18.3. The summed E-state index contributed by atoms with van der Waals surface area (Å²) < 4.78 is 26.4. The molecule has 4 heterocycles. The van der Waals surface area contributed by atoms with E-state index in [0.29, 0.717) is 26.2 Å². The molecule has 0 unspecified atom stereocenters. The Morgan fingerprint density at radius 2 is 1.92 bits per heavy atom. The molecule has 0 saturated carbocycles. The molecule has 0 aromatic carbocycles. The van der Waals surface area contributed by atoms with Gasteiger partial charge in [0.1, 0.15) is 5.65 Å². The standard InChI is InChI=1S/C17H22N4O4S/c22-17(23)4-6-19-7-8-20(15-12-26(24,25)11-14(15)19)9-13-10-21-5-2-1-3-16(21)18-13/h1-3,5,10,14-15H,4,6-9,11-12H2,(H,22,23)/t14-,15+/m1/s1. The summed E-state index contributed by atoms with van der Waals surface area (Å²) in [5.41, 5.74) is 1.79. The first-order valence-corrected chi connectivity index (χ1v) is 10.6. The molecule has 1 N–H and O–H groups in total. The van der Waals surface area contributed by atoms with Gasteiger partial charge in [-0.05, 0) is 12.1 Å². The molecule has 2 aliphatic rings. The second-order valence-electron chi connectivity index (χ2n) is 7.06.